The third-order valence-electron chi connectivity index (χ3n) is 6.28. The van der Waals surface area contributed by atoms with E-state index in [-0.39, 0.29) is 6.04 Å². The summed E-state index contributed by atoms with van der Waals surface area (Å²) in [5.74, 6) is 0. The van der Waals surface area contributed by atoms with Gasteiger partial charge in [-0.2, -0.15) is 0 Å². The lowest BCUT2D eigenvalue weighted by molar-refractivity contribution is 0.120. The van der Waals surface area contributed by atoms with Crippen LogP contribution in [0.4, 0.5) is 0 Å². The van der Waals surface area contributed by atoms with E-state index < -0.39 is 10.0 Å². The molecule has 146 valence electrons. The standard InChI is InChI=1S/C22H25N3O2S/c1-15-8-9-20-18(14-15)22-21(16(2)24-12-10-23(3)11-13-24)17-6-4-5-7-19(17)25(22)28(20,26)27/h4-9,14,16H,10-13H2,1-3H3. The first-order valence-corrected chi connectivity index (χ1v) is 11.3. The number of para-hydroxylation sites is 1. The number of rotatable bonds is 2. The van der Waals surface area contributed by atoms with Crippen LogP contribution in [0.5, 0.6) is 0 Å². The number of hydrogen-bond donors (Lipinski definition) is 0. The van der Waals surface area contributed by atoms with Gasteiger partial charge in [0.25, 0.3) is 10.0 Å². The Hall–Kier alpha value is -2.15. The Balaban J connectivity index is 1.79. The molecule has 5 rings (SSSR count). The van der Waals surface area contributed by atoms with Gasteiger partial charge in [-0.05, 0) is 39.1 Å². The fourth-order valence-corrected chi connectivity index (χ4v) is 6.43. The van der Waals surface area contributed by atoms with Crippen LogP contribution in [0.3, 0.4) is 0 Å². The van der Waals surface area contributed by atoms with E-state index in [1.807, 2.05) is 37.3 Å². The minimum atomic E-state index is -3.57. The van der Waals surface area contributed by atoms with Crippen molar-refractivity contribution in [3.63, 3.8) is 0 Å². The molecular weight excluding hydrogens is 370 g/mol. The Morgan fingerprint density at radius 1 is 1.00 bits per heavy atom. The third kappa shape index (κ3) is 2.41. The van der Waals surface area contributed by atoms with Crippen LogP contribution in [-0.4, -0.2) is 55.4 Å². The average Bonchev–Trinajstić information content (AvgIpc) is 3.13. The summed E-state index contributed by atoms with van der Waals surface area (Å²) < 4.78 is 28.4. The van der Waals surface area contributed by atoms with Crippen molar-refractivity contribution in [2.45, 2.75) is 24.8 Å². The fourth-order valence-electron chi connectivity index (χ4n) is 4.71. The van der Waals surface area contributed by atoms with Crippen molar-refractivity contribution in [2.24, 2.45) is 0 Å². The van der Waals surface area contributed by atoms with Crippen molar-refractivity contribution in [1.82, 2.24) is 13.8 Å². The molecule has 2 aromatic carbocycles. The lowest BCUT2D eigenvalue weighted by Gasteiger charge is -2.36. The number of hydrogen-bond acceptors (Lipinski definition) is 4. The van der Waals surface area contributed by atoms with Gasteiger partial charge in [-0.25, -0.2) is 12.4 Å². The Bertz CT molecular complexity index is 1190. The van der Waals surface area contributed by atoms with E-state index in [2.05, 4.69) is 29.8 Å². The summed E-state index contributed by atoms with van der Waals surface area (Å²) in [6.45, 7) is 8.28. The highest BCUT2D eigenvalue weighted by Gasteiger charge is 2.39. The second-order valence-corrected chi connectivity index (χ2v) is 9.82. The van der Waals surface area contributed by atoms with Crippen molar-refractivity contribution >= 4 is 20.9 Å². The zero-order valence-electron chi connectivity index (χ0n) is 16.5. The van der Waals surface area contributed by atoms with Crippen LogP contribution in [0.25, 0.3) is 22.2 Å². The normalized spacial score (nSPS) is 20.2. The minimum absolute atomic E-state index is 0.150. The average molecular weight is 396 g/mol. The molecule has 2 aliphatic heterocycles. The zero-order valence-corrected chi connectivity index (χ0v) is 17.3. The molecule has 3 heterocycles. The number of likely N-dealkylation sites (N-methyl/N-ethyl adjacent to an activating group) is 1. The third-order valence-corrected chi connectivity index (χ3v) is 8.05. The molecule has 0 aliphatic carbocycles. The SMILES string of the molecule is Cc1ccc2c(c1)-c1c(C(C)N3CCN(C)CC3)c3ccccc3n1S2(=O)=O. The van der Waals surface area contributed by atoms with E-state index in [9.17, 15) is 8.42 Å². The molecule has 0 bridgehead atoms. The van der Waals surface area contributed by atoms with E-state index in [0.717, 1.165) is 59.5 Å². The Labute approximate surface area is 166 Å². The van der Waals surface area contributed by atoms with E-state index in [1.165, 1.54) is 0 Å². The smallest absolute Gasteiger partial charge is 0.269 e. The fraction of sp³-hybridized carbons (Fsp3) is 0.364. The minimum Gasteiger partial charge on any atom is -0.304 e. The molecule has 6 heteroatoms. The number of fused-ring (bicyclic) bond motifs is 5. The van der Waals surface area contributed by atoms with Crippen LogP contribution in [0.2, 0.25) is 0 Å². The van der Waals surface area contributed by atoms with Gasteiger partial charge in [0.15, 0.2) is 0 Å². The van der Waals surface area contributed by atoms with E-state index in [0.29, 0.717) is 4.90 Å². The molecular formula is C22H25N3O2S. The summed E-state index contributed by atoms with van der Waals surface area (Å²) in [4.78, 5) is 5.24. The summed E-state index contributed by atoms with van der Waals surface area (Å²) in [5.41, 5.74) is 4.68. The molecule has 0 N–H and O–H groups in total. The van der Waals surface area contributed by atoms with Gasteiger partial charge < -0.3 is 4.90 Å². The van der Waals surface area contributed by atoms with Crippen LogP contribution >= 0.6 is 0 Å². The van der Waals surface area contributed by atoms with Gasteiger partial charge in [0, 0.05) is 48.7 Å². The van der Waals surface area contributed by atoms with Gasteiger partial charge in [0.2, 0.25) is 0 Å². The van der Waals surface area contributed by atoms with Crippen LogP contribution in [0, 0.1) is 6.92 Å². The highest BCUT2D eigenvalue weighted by molar-refractivity contribution is 7.90. The number of aryl methyl sites for hydroxylation is 1. The van der Waals surface area contributed by atoms with Gasteiger partial charge in [-0.15, -0.1) is 0 Å². The highest BCUT2D eigenvalue weighted by atomic mass is 32.2. The highest BCUT2D eigenvalue weighted by Crippen LogP contribution is 2.48. The molecule has 1 fully saturated rings. The molecule has 1 atom stereocenters. The summed E-state index contributed by atoms with van der Waals surface area (Å²) in [6, 6.07) is 13.7. The van der Waals surface area contributed by atoms with Gasteiger partial charge in [0.05, 0.1) is 16.1 Å². The first kappa shape index (κ1) is 17.9. The first-order chi connectivity index (χ1) is 13.4. The van der Waals surface area contributed by atoms with Gasteiger partial charge >= 0.3 is 0 Å². The monoisotopic (exact) mass is 395 g/mol. The molecule has 28 heavy (non-hydrogen) atoms. The zero-order chi connectivity index (χ0) is 19.6. The molecule has 0 spiro atoms. The van der Waals surface area contributed by atoms with E-state index >= 15 is 0 Å². The van der Waals surface area contributed by atoms with Crippen molar-refractivity contribution in [3.8, 4) is 11.3 Å². The maximum absolute atomic E-state index is 13.4. The first-order valence-electron chi connectivity index (χ1n) is 9.82. The van der Waals surface area contributed by atoms with Crippen LogP contribution < -0.4 is 0 Å². The van der Waals surface area contributed by atoms with Crippen LogP contribution in [-0.2, 0) is 10.0 Å². The summed E-state index contributed by atoms with van der Waals surface area (Å²) in [7, 11) is -1.42. The predicted octanol–water partition coefficient (Wildman–Crippen LogP) is 3.48. The summed E-state index contributed by atoms with van der Waals surface area (Å²) in [5, 5.41) is 1.04. The lowest BCUT2D eigenvalue weighted by atomic mass is 9.97. The lowest BCUT2D eigenvalue weighted by Crippen LogP contribution is -2.45. The molecule has 0 radical (unpaired) electrons. The molecule has 5 nitrogen and oxygen atoms in total. The Kier molecular flexibility index (Phi) is 3.95. The Morgan fingerprint density at radius 3 is 2.46 bits per heavy atom. The molecule has 2 aliphatic rings. The van der Waals surface area contributed by atoms with Gasteiger partial charge in [-0.1, -0.05) is 29.8 Å². The topological polar surface area (TPSA) is 45.5 Å². The second-order valence-electron chi connectivity index (χ2n) is 8.06. The van der Waals surface area contributed by atoms with E-state index in [4.69, 9.17) is 0 Å². The number of piperazine rings is 1. The number of nitrogens with zero attached hydrogens (tertiary/aromatic N) is 3. The molecule has 3 aromatic rings. The van der Waals surface area contributed by atoms with Crippen molar-refractivity contribution in [3.05, 3.63) is 53.6 Å². The number of benzene rings is 2. The predicted molar refractivity (Wildman–Crippen MR) is 112 cm³/mol. The van der Waals surface area contributed by atoms with Crippen molar-refractivity contribution in [1.29, 1.82) is 0 Å². The van der Waals surface area contributed by atoms with Gasteiger partial charge in [-0.3, -0.25) is 4.90 Å². The second kappa shape index (κ2) is 6.17. The molecule has 0 saturated carbocycles. The summed E-state index contributed by atoms with van der Waals surface area (Å²) in [6.07, 6.45) is 0. The maximum atomic E-state index is 13.4. The molecule has 1 unspecified atom stereocenters. The van der Waals surface area contributed by atoms with Crippen LogP contribution in [0.1, 0.15) is 24.1 Å². The maximum Gasteiger partial charge on any atom is 0.269 e. The van der Waals surface area contributed by atoms with Crippen molar-refractivity contribution in [2.75, 3.05) is 33.2 Å². The van der Waals surface area contributed by atoms with Gasteiger partial charge in [0.1, 0.15) is 0 Å². The molecule has 0 amide bonds. The van der Waals surface area contributed by atoms with Crippen LogP contribution in [0.15, 0.2) is 47.4 Å². The van der Waals surface area contributed by atoms with Crippen molar-refractivity contribution < 1.29 is 8.42 Å². The largest absolute Gasteiger partial charge is 0.304 e. The quantitative estimate of drug-likeness (QED) is 0.521. The van der Waals surface area contributed by atoms with E-state index in [1.54, 1.807) is 10.0 Å². The number of aromatic nitrogens is 1. The molecule has 1 aromatic heterocycles. The molecule has 1 saturated heterocycles. The summed E-state index contributed by atoms with van der Waals surface area (Å²) >= 11 is 0. The Morgan fingerprint density at radius 2 is 1.71 bits per heavy atom.